The average Bonchev–Trinajstić information content (AvgIpc) is 3.66. The SMILES string of the molecule is CCC1=C(CC2CCCC2)N2Cc3ccc(Oc4ccc(C(C)(C)C)cc4)cc3CC2C(=O)N1[C@@H](Cc1ccc(Oc2ccc(F)cc2)cc1)C(=O)O. The third kappa shape index (κ3) is 7.97. The number of carbonyl (C=O) groups is 2. The topological polar surface area (TPSA) is 79.3 Å². The van der Waals surface area contributed by atoms with Crippen molar-refractivity contribution < 1.29 is 28.6 Å². The van der Waals surface area contributed by atoms with Crippen molar-refractivity contribution in [1.82, 2.24) is 9.80 Å². The number of nitrogens with zero attached hydrogens (tertiary/aromatic N) is 2. The van der Waals surface area contributed by atoms with Gasteiger partial charge in [0.2, 0.25) is 0 Å². The Bertz CT molecular complexity index is 1980. The minimum atomic E-state index is -1.07. The van der Waals surface area contributed by atoms with E-state index in [1.54, 1.807) is 29.2 Å². The van der Waals surface area contributed by atoms with Crippen LogP contribution in [0.3, 0.4) is 0 Å². The van der Waals surface area contributed by atoms with E-state index in [9.17, 15) is 19.1 Å². The van der Waals surface area contributed by atoms with E-state index in [0.29, 0.717) is 42.6 Å². The van der Waals surface area contributed by atoms with E-state index in [-0.39, 0.29) is 23.6 Å². The van der Waals surface area contributed by atoms with Crippen LogP contribution in [-0.4, -0.2) is 38.9 Å². The molecular formula is C45H49FN2O5. The lowest BCUT2D eigenvalue weighted by molar-refractivity contribution is -0.152. The van der Waals surface area contributed by atoms with Crippen molar-refractivity contribution in [2.75, 3.05) is 0 Å². The molecule has 1 amide bonds. The van der Waals surface area contributed by atoms with Crippen LogP contribution >= 0.6 is 0 Å². The van der Waals surface area contributed by atoms with Crippen LogP contribution in [0.2, 0.25) is 0 Å². The number of aliphatic carboxylic acids is 1. The van der Waals surface area contributed by atoms with Crippen LogP contribution in [0.25, 0.3) is 0 Å². The maximum atomic E-state index is 14.7. The number of hydrogen-bond donors (Lipinski definition) is 1. The highest BCUT2D eigenvalue weighted by molar-refractivity contribution is 5.90. The summed E-state index contributed by atoms with van der Waals surface area (Å²) in [6.07, 6.45) is 6.71. The van der Waals surface area contributed by atoms with Crippen LogP contribution < -0.4 is 9.47 Å². The van der Waals surface area contributed by atoms with Crippen LogP contribution in [0.15, 0.2) is 102 Å². The van der Waals surface area contributed by atoms with Gasteiger partial charge in [-0.15, -0.1) is 0 Å². The highest BCUT2D eigenvalue weighted by Crippen LogP contribution is 2.42. The molecule has 0 saturated heterocycles. The summed E-state index contributed by atoms with van der Waals surface area (Å²) in [6, 6.07) is 25.8. The van der Waals surface area contributed by atoms with Crippen molar-refractivity contribution in [3.05, 3.63) is 130 Å². The zero-order chi connectivity index (χ0) is 37.3. The molecule has 8 heteroatoms. The number of carboxylic acids is 1. The molecule has 2 heterocycles. The molecular weight excluding hydrogens is 668 g/mol. The van der Waals surface area contributed by atoms with Gasteiger partial charge in [-0.05, 0) is 107 Å². The Hall–Kier alpha value is -5.11. The zero-order valence-electron chi connectivity index (χ0n) is 31.1. The first-order valence-electron chi connectivity index (χ1n) is 18.9. The van der Waals surface area contributed by atoms with Gasteiger partial charge in [-0.25, -0.2) is 9.18 Å². The zero-order valence-corrected chi connectivity index (χ0v) is 31.1. The van der Waals surface area contributed by atoms with Crippen LogP contribution in [-0.2, 0) is 34.4 Å². The highest BCUT2D eigenvalue weighted by Gasteiger charge is 2.46. The average molecular weight is 717 g/mol. The number of hydrogen-bond acceptors (Lipinski definition) is 5. The second kappa shape index (κ2) is 15.1. The molecule has 53 heavy (non-hydrogen) atoms. The standard InChI is InChI=1S/C45H49FN2O5/c1-5-39-40(24-29-8-6-7-9-29)47-28-31-12-19-38(53-36-20-13-33(14-21-36)45(2,3)4)26-32(31)27-41(47)43(49)48(39)42(44(50)51)25-30-10-17-35(18-11-30)52-37-22-15-34(46)16-23-37/h10-23,26,29,41-42H,5-9,24-25,27-28H2,1-4H3,(H,50,51)/t41?,42-/m0/s1. The van der Waals surface area contributed by atoms with Gasteiger partial charge in [-0.3, -0.25) is 9.69 Å². The summed E-state index contributed by atoms with van der Waals surface area (Å²) in [4.78, 5) is 31.8. The van der Waals surface area contributed by atoms with E-state index in [0.717, 1.165) is 53.1 Å². The summed E-state index contributed by atoms with van der Waals surface area (Å²) in [6.45, 7) is 9.18. The van der Waals surface area contributed by atoms with Crippen molar-refractivity contribution in [1.29, 1.82) is 0 Å². The molecule has 4 aromatic carbocycles. The second-order valence-electron chi connectivity index (χ2n) is 15.7. The van der Waals surface area contributed by atoms with Gasteiger partial charge in [0.1, 0.15) is 40.9 Å². The molecule has 0 radical (unpaired) electrons. The molecule has 1 saturated carbocycles. The van der Waals surface area contributed by atoms with Gasteiger partial charge < -0.3 is 19.5 Å². The molecule has 0 bridgehead atoms. The van der Waals surface area contributed by atoms with Crippen molar-refractivity contribution in [3.8, 4) is 23.0 Å². The van der Waals surface area contributed by atoms with Gasteiger partial charge in [0.05, 0.1) is 0 Å². The van der Waals surface area contributed by atoms with Gasteiger partial charge in [0, 0.05) is 30.8 Å². The Balaban J connectivity index is 1.17. The molecule has 1 N–H and O–H groups in total. The van der Waals surface area contributed by atoms with E-state index >= 15 is 0 Å². The fraction of sp³-hybridized carbons (Fsp3) is 0.378. The molecule has 3 aliphatic rings. The number of halogens is 1. The van der Waals surface area contributed by atoms with Crippen LogP contribution in [0.4, 0.5) is 4.39 Å². The number of amides is 1. The normalized spacial score (nSPS) is 18.1. The lowest BCUT2D eigenvalue weighted by Gasteiger charge is -2.49. The summed E-state index contributed by atoms with van der Waals surface area (Å²) >= 11 is 0. The summed E-state index contributed by atoms with van der Waals surface area (Å²) < 4.78 is 25.5. The Morgan fingerprint density at radius 1 is 0.830 bits per heavy atom. The second-order valence-corrected chi connectivity index (χ2v) is 15.7. The molecule has 7 rings (SSSR count). The first-order chi connectivity index (χ1) is 25.5. The smallest absolute Gasteiger partial charge is 0.327 e. The first-order valence-corrected chi connectivity index (χ1v) is 18.9. The van der Waals surface area contributed by atoms with Crippen molar-refractivity contribution >= 4 is 11.9 Å². The van der Waals surface area contributed by atoms with Crippen LogP contribution in [0, 0.1) is 11.7 Å². The van der Waals surface area contributed by atoms with E-state index in [4.69, 9.17) is 9.47 Å². The summed E-state index contributed by atoms with van der Waals surface area (Å²) in [7, 11) is 0. The number of carboxylic acid groups (broad SMARTS) is 1. The fourth-order valence-electron chi connectivity index (χ4n) is 8.17. The van der Waals surface area contributed by atoms with Crippen LogP contribution in [0.1, 0.15) is 88.5 Å². The molecule has 1 fully saturated rings. The Morgan fingerprint density at radius 3 is 2.02 bits per heavy atom. The molecule has 2 atom stereocenters. The molecule has 1 unspecified atom stereocenters. The lowest BCUT2D eigenvalue weighted by Crippen LogP contribution is -2.60. The largest absolute Gasteiger partial charge is 0.480 e. The number of allylic oxidation sites excluding steroid dienone is 2. The first kappa shape index (κ1) is 36.3. The number of fused-ring (bicyclic) bond motifs is 2. The molecule has 276 valence electrons. The van der Waals surface area contributed by atoms with Gasteiger partial charge in [0.25, 0.3) is 5.91 Å². The third-order valence-electron chi connectivity index (χ3n) is 11.0. The summed E-state index contributed by atoms with van der Waals surface area (Å²) in [5.41, 5.74) is 6.20. The molecule has 4 aromatic rings. The molecule has 1 aliphatic carbocycles. The fourth-order valence-corrected chi connectivity index (χ4v) is 8.17. The van der Waals surface area contributed by atoms with E-state index < -0.39 is 18.1 Å². The minimum absolute atomic E-state index is 0.0464. The number of carbonyl (C=O) groups excluding carboxylic acids is 1. The van der Waals surface area contributed by atoms with Gasteiger partial charge in [0.15, 0.2) is 0 Å². The van der Waals surface area contributed by atoms with E-state index in [2.05, 4.69) is 43.9 Å². The van der Waals surface area contributed by atoms with E-state index in [1.807, 2.05) is 43.3 Å². The quantitative estimate of drug-likeness (QED) is 0.167. The van der Waals surface area contributed by atoms with Crippen molar-refractivity contribution in [3.63, 3.8) is 0 Å². The maximum Gasteiger partial charge on any atom is 0.327 e. The number of ether oxygens (including phenoxy) is 2. The molecule has 0 spiro atoms. The van der Waals surface area contributed by atoms with Crippen LogP contribution in [0.5, 0.6) is 23.0 Å². The summed E-state index contributed by atoms with van der Waals surface area (Å²) in [5.74, 6) is 1.49. The van der Waals surface area contributed by atoms with Crippen molar-refractivity contribution in [2.24, 2.45) is 5.92 Å². The van der Waals surface area contributed by atoms with Gasteiger partial charge in [-0.2, -0.15) is 0 Å². The minimum Gasteiger partial charge on any atom is -0.480 e. The number of rotatable bonds is 11. The predicted molar refractivity (Wildman–Crippen MR) is 203 cm³/mol. The highest BCUT2D eigenvalue weighted by atomic mass is 19.1. The Morgan fingerprint density at radius 2 is 1.42 bits per heavy atom. The van der Waals surface area contributed by atoms with Gasteiger partial charge >= 0.3 is 5.97 Å². The predicted octanol–water partition coefficient (Wildman–Crippen LogP) is 10.2. The maximum absolute atomic E-state index is 14.7. The van der Waals surface area contributed by atoms with E-state index in [1.165, 1.54) is 30.5 Å². The third-order valence-corrected chi connectivity index (χ3v) is 11.0. The Labute approximate surface area is 312 Å². The molecule has 0 aromatic heterocycles. The Kier molecular flexibility index (Phi) is 10.3. The van der Waals surface area contributed by atoms with Crippen molar-refractivity contribution in [2.45, 2.75) is 103 Å². The molecule has 7 nitrogen and oxygen atoms in total. The molecule has 2 aliphatic heterocycles. The van der Waals surface area contributed by atoms with Gasteiger partial charge in [-0.1, -0.05) is 83.7 Å². The monoisotopic (exact) mass is 716 g/mol. The number of benzene rings is 4. The summed E-state index contributed by atoms with van der Waals surface area (Å²) in [5, 5.41) is 10.8. The lowest BCUT2D eigenvalue weighted by atomic mass is 9.86.